The van der Waals surface area contributed by atoms with Gasteiger partial charge in [0.15, 0.2) is 0 Å². The van der Waals surface area contributed by atoms with Crippen LogP contribution >= 0.6 is 0 Å². The summed E-state index contributed by atoms with van der Waals surface area (Å²) in [6.45, 7) is 7.19. The fourth-order valence-corrected chi connectivity index (χ4v) is 4.60. The molecule has 2 aromatic rings. The van der Waals surface area contributed by atoms with Crippen molar-refractivity contribution in [3.05, 3.63) is 48.0 Å². The average molecular weight is 451 g/mol. The minimum absolute atomic E-state index is 0.0306. The third-order valence-corrected chi connectivity index (χ3v) is 6.61. The topological polar surface area (TPSA) is 94.2 Å². The van der Waals surface area contributed by atoms with Crippen molar-refractivity contribution in [3.8, 4) is 17.2 Å². The summed E-state index contributed by atoms with van der Waals surface area (Å²) >= 11 is 0. The first kappa shape index (κ1) is 24.5. The fraction of sp³-hybridized carbons (Fsp3) is 0.409. The zero-order valence-corrected chi connectivity index (χ0v) is 19.2. The summed E-state index contributed by atoms with van der Waals surface area (Å²) in [6, 6.07) is 11.6. The molecule has 0 atom stereocenters. The third-order valence-electron chi connectivity index (χ3n) is 4.54. The maximum atomic E-state index is 12.9. The van der Waals surface area contributed by atoms with Crippen molar-refractivity contribution in [3.63, 3.8) is 0 Å². The Morgan fingerprint density at radius 1 is 0.968 bits per heavy atom. The van der Waals surface area contributed by atoms with Gasteiger partial charge in [0, 0.05) is 18.7 Å². The van der Waals surface area contributed by atoms with Gasteiger partial charge in [-0.3, -0.25) is 4.79 Å². The molecule has 0 saturated carbocycles. The van der Waals surface area contributed by atoms with Crippen LogP contribution in [0.15, 0.2) is 47.4 Å². The summed E-state index contributed by atoms with van der Waals surface area (Å²) in [4.78, 5) is 12.5. The van der Waals surface area contributed by atoms with Gasteiger partial charge in [-0.1, -0.05) is 13.8 Å². The molecular formula is C22H30N2O6S. The lowest BCUT2D eigenvalue weighted by molar-refractivity contribution is 0.0946. The van der Waals surface area contributed by atoms with E-state index in [-0.39, 0.29) is 29.4 Å². The van der Waals surface area contributed by atoms with Crippen LogP contribution in [0, 0.1) is 0 Å². The second-order valence-electron chi connectivity index (χ2n) is 6.46. The van der Waals surface area contributed by atoms with Crippen molar-refractivity contribution in [2.75, 3.05) is 40.0 Å². The molecule has 1 amide bonds. The molecule has 0 bridgehead atoms. The first-order chi connectivity index (χ1) is 14.9. The molecule has 2 rings (SSSR count). The fourth-order valence-electron chi connectivity index (χ4n) is 2.96. The maximum absolute atomic E-state index is 12.9. The van der Waals surface area contributed by atoms with Crippen molar-refractivity contribution in [1.29, 1.82) is 0 Å². The third kappa shape index (κ3) is 6.35. The van der Waals surface area contributed by atoms with E-state index >= 15 is 0 Å². The van der Waals surface area contributed by atoms with E-state index in [9.17, 15) is 13.2 Å². The Hall–Kier alpha value is -2.78. The van der Waals surface area contributed by atoms with Crippen LogP contribution in [0.25, 0.3) is 0 Å². The van der Waals surface area contributed by atoms with E-state index in [0.717, 1.165) is 5.75 Å². The molecule has 170 valence electrons. The summed E-state index contributed by atoms with van der Waals surface area (Å²) in [7, 11) is -2.38. The smallest absolute Gasteiger partial charge is 0.251 e. The molecule has 1 N–H and O–H groups in total. The van der Waals surface area contributed by atoms with Crippen molar-refractivity contribution in [1.82, 2.24) is 9.62 Å². The molecule has 0 aliphatic carbocycles. The highest BCUT2D eigenvalue weighted by atomic mass is 32.2. The Kier molecular flexibility index (Phi) is 9.14. The van der Waals surface area contributed by atoms with Crippen LogP contribution in [-0.2, 0) is 10.0 Å². The van der Waals surface area contributed by atoms with E-state index < -0.39 is 15.9 Å². The number of rotatable bonds is 12. The van der Waals surface area contributed by atoms with Gasteiger partial charge in [0.25, 0.3) is 5.91 Å². The molecule has 0 unspecified atom stereocenters. The number of hydrogen-bond donors (Lipinski definition) is 1. The Bertz CT molecular complexity index is 956. The van der Waals surface area contributed by atoms with Crippen LogP contribution in [0.2, 0.25) is 0 Å². The summed E-state index contributed by atoms with van der Waals surface area (Å²) in [5, 5.41) is 2.74. The molecule has 0 fully saturated rings. The highest BCUT2D eigenvalue weighted by molar-refractivity contribution is 7.89. The van der Waals surface area contributed by atoms with Gasteiger partial charge in [0.2, 0.25) is 10.0 Å². The number of amides is 1. The largest absolute Gasteiger partial charge is 0.495 e. The zero-order valence-electron chi connectivity index (χ0n) is 18.4. The van der Waals surface area contributed by atoms with Crippen LogP contribution in [-0.4, -0.2) is 58.6 Å². The van der Waals surface area contributed by atoms with Crippen molar-refractivity contribution in [2.45, 2.75) is 25.7 Å². The monoisotopic (exact) mass is 450 g/mol. The Morgan fingerprint density at radius 2 is 1.58 bits per heavy atom. The number of methoxy groups -OCH3 is 1. The van der Waals surface area contributed by atoms with Crippen LogP contribution in [0.4, 0.5) is 0 Å². The Labute approximate surface area is 184 Å². The predicted octanol–water partition coefficient (Wildman–Crippen LogP) is 2.93. The second kappa shape index (κ2) is 11.6. The van der Waals surface area contributed by atoms with Crippen molar-refractivity contribution < 1.29 is 27.4 Å². The number of carbonyl (C=O) groups excluding carboxylic acids is 1. The second-order valence-corrected chi connectivity index (χ2v) is 8.37. The van der Waals surface area contributed by atoms with Crippen molar-refractivity contribution in [2.24, 2.45) is 0 Å². The van der Waals surface area contributed by atoms with E-state index in [1.165, 1.54) is 29.6 Å². The van der Waals surface area contributed by atoms with Gasteiger partial charge in [0.05, 0.1) is 20.3 Å². The Balaban J connectivity index is 2.02. The molecule has 0 saturated heterocycles. The highest BCUT2D eigenvalue weighted by Gasteiger charge is 2.26. The van der Waals surface area contributed by atoms with Gasteiger partial charge in [-0.2, -0.15) is 4.31 Å². The molecule has 0 spiro atoms. The van der Waals surface area contributed by atoms with Gasteiger partial charge < -0.3 is 19.5 Å². The summed E-state index contributed by atoms with van der Waals surface area (Å²) in [5.74, 6) is 1.23. The van der Waals surface area contributed by atoms with Gasteiger partial charge in [-0.15, -0.1) is 0 Å². The predicted molar refractivity (Wildman–Crippen MR) is 119 cm³/mol. The number of ether oxygens (including phenoxy) is 3. The van der Waals surface area contributed by atoms with E-state index in [1.54, 1.807) is 26.0 Å². The number of carbonyl (C=O) groups is 1. The first-order valence-electron chi connectivity index (χ1n) is 10.2. The van der Waals surface area contributed by atoms with E-state index in [4.69, 9.17) is 14.2 Å². The minimum Gasteiger partial charge on any atom is -0.495 e. The lowest BCUT2D eigenvalue weighted by atomic mass is 10.2. The lowest BCUT2D eigenvalue weighted by Crippen LogP contribution is -2.31. The molecule has 2 aromatic carbocycles. The lowest BCUT2D eigenvalue weighted by Gasteiger charge is -2.20. The average Bonchev–Trinajstić information content (AvgIpc) is 2.78. The Morgan fingerprint density at radius 3 is 2.13 bits per heavy atom. The molecule has 0 aromatic heterocycles. The van der Waals surface area contributed by atoms with Crippen LogP contribution < -0.4 is 19.5 Å². The quantitative estimate of drug-likeness (QED) is 0.500. The molecule has 8 nitrogen and oxygen atoms in total. The zero-order chi connectivity index (χ0) is 22.9. The molecule has 31 heavy (non-hydrogen) atoms. The molecule has 9 heteroatoms. The molecular weight excluding hydrogens is 420 g/mol. The molecule has 0 heterocycles. The number of benzene rings is 2. The minimum atomic E-state index is -3.78. The molecule has 0 radical (unpaired) electrons. The van der Waals surface area contributed by atoms with E-state index in [2.05, 4.69) is 5.32 Å². The highest BCUT2D eigenvalue weighted by Crippen LogP contribution is 2.28. The van der Waals surface area contributed by atoms with Gasteiger partial charge in [-0.05, 0) is 49.4 Å². The van der Waals surface area contributed by atoms with Gasteiger partial charge >= 0.3 is 0 Å². The van der Waals surface area contributed by atoms with Crippen LogP contribution in [0.3, 0.4) is 0 Å². The van der Waals surface area contributed by atoms with Gasteiger partial charge in [0.1, 0.15) is 28.8 Å². The van der Waals surface area contributed by atoms with Crippen LogP contribution in [0.5, 0.6) is 17.2 Å². The normalized spacial score (nSPS) is 11.3. The van der Waals surface area contributed by atoms with Crippen molar-refractivity contribution >= 4 is 15.9 Å². The number of nitrogens with zero attached hydrogens (tertiary/aromatic N) is 1. The summed E-state index contributed by atoms with van der Waals surface area (Å²) < 4.78 is 43.3. The van der Waals surface area contributed by atoms with E-state index in [1.807, 2.05) is 19.1 Å². The van der Waals surface area contributed by atoms with Gasteiger partial charge in [-0.25, -0.2) is 8.42 Å². The first-order valence-corrected chi connectivity index (χ1v) is 11.6. The van der Waals surface area contributed by atoms with Crippen LogP contribution in [0.1, 0.15) is 31.1 Å². The van der Waals surface area contributed by atoms with E-state index in [0.29, 0.717) is 25.4 Å². The SMILES string of the molecule is CCOc1ccc(OCCNC(=O)c2ccc(OC)c(S(=O)(=O)N(CC)CC)c2)cc1. The number of nitrogens with one attached hydrogen (secondary N) is 1. The molecule has 0 aliphatic heterocycles. The number of sulfonamides is 1. The molecule has 0 aliphatic rings. The maximum Gasteiger partial charge on any atom is 0.251 e. The summed E-state index contributed by atoms with van der Waals surface area (Å²) in [5.41, 5.74) is 0.229. The standard InChI is InChI=1S/C22H30N2O6S/c1-5-24(6-2)31(26,27)21-16-17(8-13-20(21)28-4)22(25)23-14-15-30-19-11-9-18(10-12-19)29-7-3/h8-13,16H,5-7,14-15H2,1-4H3,(H,23,25). The number of hydrogen-bond acceptors (Lipinski definition) is 6. The summed E-state index contributed by atoms with van der Waals surface area (Å²) in [6.07, 6.45) is 0.